The maximum atomic E-state index is 6.23. The predicted molar refractivity (Wildman–Crippen MR) is 80.9 cm³/mol. The number of hydrogen-bond acceptors (Lipinski definition) is 5. The van der Waals surface area contributed by atoms with Gasteiger partial charge in [-0.3, -0.25) is 0 Å². The fraction of sp³-hybridized carbons (Fsp3) is 0.333. The van der Waals surface area contributed by atoms with Crippen molar-refractivity contribution in [1.82, 2.24) is 9.97 Å². The topological polar surface area (TPSA) is 51.8 Å². The third kappa shape index (κ3) is 3.54. The highest BCUT2D eigenvalue weighted by Gasteiger charge is 2.22. The molecule has 96 valence electrons. The summed E-state index contributed by atoms with van der Waals surface area (Å²) in [5.74, 6) is 0. The van der Waals surface area contributed by atoms with Crippen LogP contribution < -0.4 is 5.73 Å². The van der Waals surface area contributed by atoms with Crippen LogP contribution in [0.25, 0.3) is 0 Å². The molecule has 0 aliphatic heterocycles. The molecule has 2 atom stereocenters. The smallest absolute Gasteiger partial charge is 0.116 e. The van der Waals surface area contributed by atoms with Gasteiger partial charge in [0, 0.05) is 27.0 Å². The Balaban J connectivity index is 2.21. The second-order valence-corrected chi connectivity index (χ2v) is 6.85. The Hall–Kier alpha value is -0.430. The Labute approximate surface area is 123 Å². The number of thioether (sulfide) groups is 1. The number of nitrogens with two attached hydrogens (primary N) is 1. The summed E-state index contributed by atoms with van der Waals surface area (Å²) < 4.78 is 1.11. The zero-order chi connectivity index (χ0) is 13.0. The second-order valence-electron chi connectivity index (χ2n) is 3.83. The molecule has 0 bridgehead atoms. The third-order valence-electron chi connectivity index (χ3n) is 2.53. The van der Waals surface area contributed by atoms with E-state index < -0.39 is 0 Å². The third-order valence-corrected chi connectivity index (χ3v) is 5.80. The summed E-state index contributed by atoms with van der Waals surface area (Å²) in [6.07, 6.45) is 4.27. The highest BCUT2D eigenvalue weighted by Crippen LogP contribution is 2.40. The van der Waals surface area contributed by atoms with Gasteiger partial charge in [-0.05, 0) is 34.5 Å². The summed E-state index contributed by atoms with van der Waals surface area (Å²) in [4.78, 5) is 9.47. The molecule has 2 heterocycles. The van der Waals surface area contributed by atoms with E-state index in [9.17, 15) is 0 Å². The molecule has 2 aromatic rings. The summed E-state index contributed by atoms with van der Waals surface area (Å²) in [7, 11) is 0. The fourth-order valence-electron chi connectivity index (χ4n) is 1.53. The number of aromatic nitrogens is 2. The Morgan fingerprint density at radius 2 is 2.39 bits per heavy atom. The van der Waals surface area contributed by atoms with Crippen molar-refractivity contribution in [2.24, 2.45) is 5.73 Å². The van der Waals surface area contributed by atoms with Crippen molar-refractivity contribution in [3.63, 3.8) is 0 Å². The van der Waals surface area contributed by atoms with Crippen LogP contribution in [0.15, 0.2) is 39.5 Å². The summed E-state index contributed by atoms with van der Waals surface area (Å²) in [6.45, 7) is 2.11. The lowest BCUT2D eigenvalue weighted by Crippen LogP contribution is -2.25. The van der Waals surface area contributed by atoms with Gasteiger partial charge in [0.05, 0.1) is 5.25 Å². The van der Waals surface area contributed by atoms with Crippen LogP contribution in [0.5, 0.6) is 0 Å². The average Bonchev–Trinajstić information content (AvgIpc) is 2.83. The van der Waals surface area contributed by atoms with E-state index in [0.29, 0.717) is 0 Å². The zero-order valence-electron chi connectivity index (χ0n) is 9.91. The van der Waals surface area contributed by atoms with Gasteiger partial charge in [0.2, 0.25) is 0 Å². The summed E-state index contributed by atoms with van der Waals surface area (Å²) in [5.41, 5.74) is 6.23. The van der Waals surface area contributed by atoms with Crippen molar-refractivity contribution < 1.29 is 0 Å². The molecular formula is C12H14BrN3S2. The second kappa shape index (κ2) is 6.65. The van der Waals surface area contributed by atoms with Gasteiger partial charge < -0.3 is 5.73 Å². The number of rotatable bonds is 5. The molecule has 2 N–H and O–H groups in total. The van der Waals surface area contributed by atoms with Gasteiger partial charge in [-0.25, -0.2) is 9.97 Å². The largest absolute Gasteiger partial charge is 0.326 e. The Kier molecular flexibility index (Phi) is 5.17. The maximum Gasteiger partial charge on any atom is 0.116 e. The van der Waals surface area contributed by atoms with Crippen LogP contribution in [0.2, 0.25) is 0 Å². The van der Waals surface area contributed by atoms with Gasteiger partial charge in [-0.1, -0.05) is 18.7 Å². The first kappa shape index (κ1) is 14.0. The number of hydrogen-bond donors (Lipinski definition) is 1. The van der Waals surface area contributed by atoms with E-state index in [2.05, 4.69) is 44.3 Å². The minimum atomic E-state index is 0.121. The van der Waals surface area contributed by atoms with Crippen LogP contribution in [0.3, 0.4) is 0 Å². The molecule has 0 aliphatic rings. The van der Waals surface area contributed by atoms with Crippen LogP contribution in [-0.2, 0) is 0 Å². The van der Waals surface area contributed by atoms with Gasteiger partial charge in [0.15, 0.2) is 0 Å². The van der Waals surface area contributed by atoms with Gasteiger partial charge >= 0.3 is 0 Å². The first-order valence-corrected chi connectivity index (χ1v) is 8.18. The highest BCUT2D eigenvalue weighted by molar-refractivity contribution is 9.10. The Morgan fingerprint density at radius 3 is 2.94 bits per heavy atom. The van der Waals surface area contributed by atoms with E-state index in [1.54, 1.807) is 35.6 Å². The molecule has 0 aromatic carbocycles. The van der Waals surface area contributed by atoms with E-state index in [-0.39, 0.29) is 11.3 Å². The first-order chi connectivity index (χ1) is 8.70. The zero-order valence-corrected chi connectivity index (χ0v) is 13.1. The molecule has 18 heavy (non-hydrogen) atoms. The molecule has 0 saturated heterocycles. The molecule has 6 heteroatoms. The molecule has 0 radical (unpaired) electrons. The monoisotopic (exact) mass is 343 g/mol. The lowest BCUT2D eigenvalue weighted by molar-refractivity contribution is 0.639. The normalized spacial score (nSPS) is 14.4. The molecule has 0 spiro atoms. The van der Waals surface area contributed by atoms with Crippen LogP contribution >= 0.6 is 39.0 Å². The molecule has 2 aromatic heterocycles. The maximum absolute atomic E-state index is 6.23. The van der Waals surface area contributed by atoms with Crippen molar-refractivity contribution >= 4 is 39.0 Å². The molecule has 0 amide bonds. The minimum Gasteiger partial charge on any atom is -0.326 e. The quantitative estimate of drug-likeness (QED) is 0.661. The van der Waals surface area contributed by atoms with E-state index in [1.165, 1.54) is 4.88 Å². The van der Waals surface area contributed by atoms with Crippen LogP contribution in [0.1, 0.15) is 23.5 Å². The van der Waals surface area contributed by atoms with Crippen LogP contribution in [0.4, 0.5) is 0 Å². The van der Waals surface area contributed by atoms with Crippen molar-refractivity contribution in [2.45, 2.75) is 29.7 Å². The summed E-state index contributed by atoms with van der Waals surface area (Å²) in [6, 6.07) is 4.18. The molecule has 2 rings (SSSR count). The highest BCUT2D eigenvalue weighted by atomic mass is 79.9. The Morgan fingerprint density at radius 1 is 1.56 bits per heavy atom. The fourth-order valence-corrected chi connectivity index (χ4v) is 4.40. The van der Waals surface area contributed by atoms with E-state index >= 15 is 0 Å². The minimum absolute atomic E-state index is 0.121. The van der Waals surface area contributed by atoms with Gasteiger partial charge in [-0.2, -0.15) is 0 Å². The summed E-state index contributed by atoms with van der Waals surface area (Å²) >= 11 is 6.92. The van der Waals surface area contributed by atoms with E-state index in [4.69, 9.17) is 5.73 Å². The summed E-state index contributed by atoms with van der Waals surface area (Å²) in [5, 5.41) is 3.29. The van der Waals surface area contributed by atoms with Crippen LogP contribution in [-0.4, -0.2) is 16.0 Å². The lowest BCUT2D eigenvalue weighted by Gasteiger charge is -2.20. The molecule has 0 aliphatic carbocycles. The number of nitrogens with zero attached hydrogens (tertiary/aromatic N) is 2. The SMILES string of the molecule is CCC(N)C(Sc1ccncn1)c1cc(Br)cs1. The van der Waals surface area contributed by atoms with E-state index in [1.807, 2.05) is 6.07 Å². The number of thiophene rings is 1. The van der Waals surface area contributed by atoms with E-state index in [0.717, 1.165) is 15.9 Å². The van der Waals surface area contributed by atoms with Crippen molar-refractivity contribution in [2.75, 3.05) is 0 Å². The molecule has 0 saturated carbocycles. The molecule has 2 unspecified atom stereocenters. The average molecular weight is 344 g/mol. The molecule has 3 nitrogen and oxygen atoms in total. The molecular weight excluding hydrogens is 330 g/mol. The van der Waals surface area contributed by atoms with Gasteiger partial charge in [0.25, 0.3) is 0 Å². The lowest BCUT2D eigenvalue weighted by atomic mass is 10.1. The predicted octanol–water partition coefficient (Wildman–Crippen LogP) is 3.87. The van der Waals surface area contributed by atoms with Crippen LogP contribution in [0, 0.1) is 0 Å². The van der Waals surface area contributed by atoms with Gasteiger partial charge in [0.1, 0.15) is 11.4 Å². The van der Waals surface area contributed by atoms with Crippen molar-refractivity contribution in [3.8, 4) is 0 Å². The van der Waals surface area contributed by atoms with Crippen molar-refractivity contribution in [1.29, 1.82) is 0 Å². The Bertz CT molecular complexity index is 489. The van der Waals surface area contributed by atoms with Crippen molar-refractivity contribution in [3.05, 3.63) is 39.4 Å². The number of halogens is 1. The molecule has 0 fully saturated rings. The first-order valence-electron chi connectivity index (χ1n) is 5.63. The standard InChI is InChI=1S/C12H14BrN3S2/c1-2-9(14)12(10-5-8(13)6-17-10)18-11-3-4-15-7-16-11/h3-7,9,12H,2,14H2,1H3. The van der Waals surface area contributed by atoms with Gasteiger partial charge in [-0.15, -0.1) is 11.3 Å².